The Kier molecular flexibility index (Phi) is 9.65. The number of aliphatic imine (C=N–C) groups is 1. The smallest absolute Gasteiger partial charge is 0.213 e. The van der Waals surface area contributed by atoms with Crippen LogP contribution in [-0.4, -0.2) is 44.1 Å². The second kappa shape index (κ2) is 12.3. The van der Waals surface area contributed by atoms with Crippen LogP contribution in [-0.2, 0) is 17.8 Å². The largest absolute Gasteiger partial charge is 0.475 e. The second-order valence-electron chi connectivity index (χ2n) is 6.21. The summed E-state index contributed by atoms with van der Waals surface area (Å²) in [4.78, 5) is 10.3. The number of nitrogens with one attached hydrogen (secondary N) is 2. The van der Waals surface area contributed by atoms with Gasteiger partial charge in [0.2, 0.25) is 5.88 Å². The Morgan fingerprint density at radius 1 is 1.18 bits per heavy atom. The third-order valence-electron chi connectivity index (χ3n) is 3.99. The molecule has 0 spiro atoms. The number of rotatable bonds is 10. The molecule has 0 unspecified atom stereocenters. The highest BCUT2D eigenvalue weighted by Crippen LogP contribution is 2.21. The van der Waals surface area contributed by atoms with Crippen LogP contribution in [0, 0.1) is 6.92 Å². The molecule has 0 radical (unpaired) electrons. The molecule has 1 aromatic heterocycles. The first kappa shape index (κ1) is 22.0. The Morgan fingerprint density at radius 2 is 2.04 bits per heavy atom. The Morgan fingerprint density at radius 3 is 2.71 bits per heavy atom. The number of nitrogens with zero attached hydrogens (tertiary/aromatic N) is 2. The molecule has 152 valence electrons. The van der Waals surface area contributed by atoms with Crippen molar-refractivity contribution in [3.8, 4) is 5.88 Å². The van der Waals surface area contributed by atoms with Gasteiger partial charge in [0.1, 0.15) is 6.61 Å². The van der Waals surface area contributed by atoms with E-state index >= 15 is 0 Å². The number of hydrogen-bond donors (Lipinski definition) is 2. The summed E-state index contributed by atoms with van der Waals surface area (Å²) in [7, 11) is 1.65. The van der Waals surface area contributed by atoms with E-state index in [0.717, 1.165) is 24.6 Å². The van der Waals surface area contributed by atoms with E-state index in [2.05, 4.69) is 58.9 Å². The maximum Gasteiger partial charge on any atom is 0.213 e. The number of aromatic nitrogens is 1. The van der Waals surface area contributed by atoms with Crippen molar-refractivity contribution in [3.63, 3.8) is 0 Å². The Balaban J connectivity index is 1.94. The zero-order chi connectivity index (χ0) is 20.2. The quantitative estimate of drug-likeness (QED) is 0.275. The lowest BCUT2D eigenvalue weighted by molar-refractivity contribution is 0.143. The Bertz CT molecular complexity index is 751. The normalized spacial score (nSPS) is 11.4. The topological polar surface area (TPSA) is 67.8 Å². The molecule has 0 atom stereocenters. The predicted molar refractivity (Wildman–Crippen MR) is 116 cm³/mol. The molecule has 1 aromatic carbocycles. The fourth-order valence-corrected chi connectivity index (χ4v) is 3.21. The van der Waals surface area contributed by atoms with Gasteiger partial charge in [0.25, 0.3) is 0 Å². The lowest BCUT2D eigenvalue weighted by Crippen LogP contribution is -2.36. The van der Waals surface area contributed by atoms with E-state index in [0.29, 0.717) is 25.6 Å². The van der Waals surface area contributed by atoms with Gasteiger partial charge in [0, 0.05) is 37.4 Å². The van der Waals surface area contributed by atoms with Crippen molar-refractivity contribution in [2.45, 2.75) is 31.8 Å². The number of hydrogen-bond acceptors (Lipinski definition) is 5. The molecule has 0 saturated carbocycles. The number of benzene rings is 1. The van der Waals surface area contributed by atoms with Crippen molar-refractivity contribution in [2.75, 3.05) is 33.1 Å². The van der Waals surface area contributed by atoms with Gasteiger partial charge in [-0.25, -0.2) is 9.98 Å². The molecule has 0 amide bonds. The van der Waals surface area contributed by atoms with E-state index < -0.39 is 0 Å². The maximum absolute atomic E-state index is 5.48. The van der Waals surface area contributed by atoms with Crippen LogP contribution in [0.15, 0.2) is 46.4 Å². The van der Waals surface area contributed by atoms with Crippen LogP contribution in [0.1, 0.15) is 23.6 Å². The first-order valence-corrected chi connectivity index (χ1v) is 10.6. The zero-order valence-corrected chi connectivity index (χ0v) is 17.9. The summed E-state index contributed by atoms with van der Waals surface area (Å²) >= 11 is 1.76. The molecule has 0 aliphatic heterocycles. The van der Waals surface area contributed by atoms with Crippen LogP contribution in [0.4, 0.5) is 0 Å². The van der Waals surface area contributed by atoms with Crippen LogP contribution in [0.25, 0.3) is 0 Å². The molecule has 2 rings (SSSR count). The molecular formula is C21H30N4O2S. The number of pyridine rings is 1. The van der Waals surface area contributed by atoms with Crippen LogP contribution in [0.3, 0.4) is 0 Å². The summed E-state index contributed by atoms with van der Waals surface area (Å²) in [6, 6.07) is 10.4. The number of ether oxygens (including phenoxy) is 2. The standard InChI is InChI=1S/C21H30N4O2S/c1-5-22-21(25-15-18-8-6-16(2)12-19(18)28-4)24-14-17-7-9-20(23-13-17)27-11-10-26-3/h6-9,12-13H,5,10-11,14-15H2,1-4H3,(H2,22,24,25). The molecule has 0 fully saturated rings. The van der Waals surface area contributed by atoms with E-state index in [1.165, 1.54) is 16.0 Å². The molecule has 0 saturated heterocycles. The molecule has 7 heteroatoms. The first-order chi connectivity index (χ1) is 13.7. The lowest BCUT2D eigenvalue weighted by Gasteiger charge is -2.14. The van der Waals surface area contributed by atoms with Gasteiger partial charge in [-0.2, -0.15) is 0 Å². The summed E-state index contributed by atoms with van der Waals surface area (Å²) in [6.45, 7) is 7.29. The highest BCUT2D eigenvalue weighted by molar-refractivity contribution is 7.98. The molecule has 1 heterocycles. The summed E-state index contributed by atoms with van der Waals surface area (Å²) in [5, 5.41) is 6.70. The van der Waals surface area contributed by atoms with Crippen LogP contribution in [0.2, 0.25) is 0 Å². The van der Waals surface area contributed by atoms with Gasteiger partial charge in [0.15, 0.2) is 5.96 Å². The van der Waals surface area contributed by atoms with Crippen molar-refractivity contribution in [1.29, 1.82) is 0 Å². The van der Waals surface area contributed by atoms with E-state index in [1.807, 2.05) is 12.1 Å². The summed E-state index contributed by atoms with van der Waals surface area (Å²) in [5.41, 5.74) is 3.56. The van der Waals surface area contributed by atoms with Gasteiger partial charge in [-0.15, -0.1) is 11.8 Å². The minimum Gasteiger partial charge on any atom is -0.475 e. The van der Waals surface area contributed by atoms with Crippen molar-refractivity contribution in [2.24, 2.45) is 4.99 Å². The molecule has 6 nitrogen and oxygen atoms in total. The predicted octanol–water partition coefficient (Wildman–Crippen LogP) is 3.39. The summed E-state index contributed by atoms with van der Waals surface area (Å²) in [6.07, 6.45) is 3.90. The van der Waals surface area contributed by atoms with Crippen molar-refractivity contribution in [1.82, 2.24) is 15.6 Å². The number of thioether (sulfide) groups is 1. The number of methoxy groups -OCH3 is 1. The number of guanidine groups is 1. The molecule has 0 aliphatic carbocycles. The van der Waals surface area contributed by atoms with Gasteiger partial charge >= 0.3 is 0 Å². The van der Waals surface area contributed by atoms with Crippen molar-refractivity contribution >= 4 is 17.7 Å². The molecular weight excluding hydrogens is 372 g/mol. The van der Waals surface area contributed by atoms with Gasteiger partial charge in [-0.3, -0.25) is 0 Å². The Labute approximate surface area is 172 Å². The fourth-order valence-electron chi connectivity index (χ4n) is 2.51. The molecule has 0 aliphatic rings. The van der Waals surface area contributed by atoms with E-state index in [4.69, 9.17) is 9.47 Å². The third kappa shape index (κ3) is 7.40. The van der Waals surface area contributed by atoms with Crippen LogP contribution >= 0.6 is 11.8 Å². The van der Waals surface area contributed by atoms with Crippen molar-refractivity contribution in [3.05, 3.63) is 53.2 Å². The van der Waals surface area contributed by atoms with Gasteiger partial charge in [-0.1, -0.05) is 18.2 Å². The lowest BCUT2D eigenvalue weighted by atomic mass is 10.1. The van der Waals surface area contributed by atoms with Gasteiger partial charge in [-0.05, 0) is 42.9 Å². The third-order valence-corrected chi connectivity index (χ3v) is 4.81. The summed E-state index contributed by atoms with van der Waals surface area (Å²) < 4.78 is 10.4. The average molecular weight is 403 g/mol. The van der Waals surface area contributed by atoms with E-state index in [1.54, 1.807) is 25.1 Å². The van der Waals surface area contributed by atoms with Crippen molar-refractivity contribution < 1.29 is 9.47 Å². The molecule has 0 bridgehead atoms. The second-order valence-corrected chi connectivity index (χ2v) is 7.06. The molecule has 2 N–H and O–H groups in total. The van der Waals surface area contributed by atoms with Gasteiger partial charge < -0.3 is 20.1 Å². The number of aryl methyl sites for hydroxylation is 1. The average Bonchev–Trinajstić information content (AvgIpc) is 2.71. The summed E-state index contributed by atoms with van der Waals surface area (Å²) in [5.74, 6) is 1.38. The molecule has 28 heavy (non-hydrogen) atoms. The fraction of sp³-hybridized carbons (Fsp3) is 0.429. The highest BCUT2D eigenvalue weighted by atomic mass is 32.2. The zero-order valence-electron chi connectivity index (χ0n) is 17.1. The monoisotopic (exact) mass is 402 g/mol. The minimum absolute atomic E-state index is 0.493. The van der Waals surface area contributed by atoms with E-state index in [9.17, 15) is 0 Å². The Hall–Kier alpha value is -2.25. The van der Waals surface area contributed by atoms with Crippen LogP contribution in [0.5, 0.6) is 5.88 Å². The van der Waals surface area contributed by atoms with Crippen LogP contribution < -0.4 is 15.4 Å². The minimum atomic E-state index is 0.493. The highest BCUT2D eigenvalue weighted by Gasteiger charge is 2.04. The van der Waals surface area contributed by atoms with E-state index in [-0.39, 0.29) is 0 Å². The maximum atomic E-state index is 5.48. The molecule has 2 aromatic rings. The SMILES string of the molecule is CCNC(=NCc1ccc(OCCOC)nc1)NCc1ccc(C)cc1SC. The van der Waals surface area contributed by atoms with Gasteiger partial charge in [0.05, 0.1) is 13.2 Å². The first-order valence-electron chi connectivity index (χ1n) is 9.38.